The smallest absolute Gasteiger partial charge is 0.0900 e. The van der Waals surface area contributed by atoms with E-state index in [0.29, 0.717) is 30.2 Å². The van der Waals surface area contributed by atoms with Crippen molar-refractivity contribution in [2.24, 2.45) is 16.7 Å². The van der Waals surface area contributed by atoms with Crippen LogP contribution in [0.2, 0.25) is 0 Å². The predicted molar refractivity (Wildman–Crippen MR) is 94.5 cm³/mol. The molecule has 23 heavy (non-hydrogen) atoms. The van der Waals surface area contributed by atoms with E-state index in [0.717, 1.165) is 12.5 Å². The van der Waals surface area contributed by atoms with Crippen LogP contribution in [-0.2, 0) is 4.74 Å². The molecule has 0 aromatic heterocycles. The van der Waals surface area contributed by atoms with Crippen LogP contribution in [0, 0.1) is 16.7 Å². The van der Waals surface area contributed by atoms with Crippen LogP contribution in [0.25, 0.3) is 0 Å². The Hall–Kier alpha value is -0.120. The summed E-state index contributed by atoms with van der Waals surface area (Å²) in [6, 6.07) is 1.18. The lowest BCUT2D eigenvalue weighted by atomic mass is 9.70. The van der Waals surface area contributed by atoms with Gasteiger partial charge in [-0.05, 0) is 62.7 Å². The third-order valence-electron chi connectivity index (χ3n) is 7.39. The van der Waals surface area contributed by atoms with E-state index in [4.69, 9.17) is 4.74 Å². The maximum atomic E-state index is 10.6. The van der Waals surface area contributed by atoms with Crippen LogP contribution in [0.4, 0.5) is 0 Å². The molecule has 2 bridgehead atoms. The molecule has 3 aliphatic rings. The zero-order valence-electron chi connectivity index (χ0n) is 15.8. The van der Waals surface area contributed by atoms with E-state index in [1.165, 1.54) is 38.5 Å². The molecule has 3 fully saturated rings. The number of aliphatic hydroxyl groups excluding tert-OH is 1. The highest BCUT2D eigenvalue weighted by Gasteiger charge is 2.60. The van der Waals surface area contributed by atoms with E-state index in [1.807, 2.05) is 0 Å². The van der Waals surface area contributed by atoms with Crippen molar-refractivity contribution in [3.63, 3.8) is 0 Å². The average molecular weight is 324 g/mol. The number of fused-ring (bicyclic) bond motifs is 2. The fourth-order valence-electron chi connectivity index (χ4n) is 6.01. The van der Waals surface area contributed by atoms with Crippen LogP contribution < -0.4 is 0 Å². The van der Waals surface area contributed by atoms with Gasteiger partial charge in [0.1, 0.15) is 0 Å². The van der Waals surface area contributed by atoms with Crippen LogP contribution in [-0.4, -0.2) is 47.4 Å². The Labute approximate surface area is 142 Å². The number of likely N-dealkylation sites (tertiary alicyclic amines) is 1. The number of hydrogen-bond donors (Lipinski definition) is 1. The molecule has 1 heterocycles. The van der Waals surface area contributed by atoms with Gasteiger partial charge in [-0.1, -0.05) is 27.2 Å². The summed E-state index contributed by atoms with van der Waals surface area (Å²) in [6.45, 7) is 13.0. The highest BCUT2D eigenvalue weighted by Crippen LogP contribution is 2.63. The largest absolute Gasteiger partial charge is 0.389 e. The summed E-state index contributed by atoms with van der Waals surface area (Å²) < 4.78 is 6.35. The van der Waals surface area contributed by atoms with Crippen LogP contribution >= 0.6 is 0 Å². The van der Waals surface area contributed by atoms with E-state index in [9.17, 15) is 5.11 Å². The summed E-state index contributed by atoms with van der Waals surface area (Å²) in [7, 11) is 0. The third kappa shape index (κ3) is 3.21. The van der Waals surface area contributed by atoms with Crippen molar-refractivity contribution in [3.8, 4) is 0 Å². The molecule has 0 amide bonds. The van der Waals surface area contributed by atoms with Crippen molar-refractivity contribution in [2.75, 3.05) is 13.2 Å². The van der Waals surface area contributed by atoms with Crippen LogP contribution in [0.15, 0.2) is 0 Å². The topological polar surface area (TPSA) is 32.7 Å². The fourth-order valence-corrected chi connectivity index (χ4v) is 6.01. The minimum absolute atomic E-state index is 0.262. The van der Waals surface area contributed by atoms with Crippen molar-refractivity contribution in [1.29, 1.82) is 0 Å². The van der Waals surface area contributed by atoms with E-state index in [1.54, 1.807) is 0 Å². The average Bonchev–Trinajstić information content (AvgIpc) is 2.94. The maximum absolute atomic E-state index is 10.6. The molecule has 0 aromatic carbocycles. The van der Waals surface area contributed by atoms with Crippen LogP contribution in [0.1, 0.15) is 73.1 Å². The first-order valence-corrected chi connectivity index (χ1v) is 9.79. The highest BCUT2D eigenvalue weighted by atomic mass is 16.5. The van der Waals surface area contributed by atoms with Gasteiger partial charge in [0.05, 0.1) is 18.8 Å². The maximum Gasteiger partial charge on any atom is 0.0900 e. The zero-order chi connectivity index (χ0) is 16.8. The first-order valence-electron chi connectivity index (χ1n) is 9.79. The van der Waals surface area contributed by atoms with Crippen molar-refractivity contribution in [3.05, 3.63) is 0 Å². The van der Waals surface area contributed by atoms with Gasteiger partial charge in [-0.2, -0.15) is 0 Å². The van der Waals surface area contributed by atoms with Crippen LogP contribution in [0.5, 0.6) is 0 Å². The number of ether oxygens (including phenoxy) is 1. The molecule has 2 saturated carbocycles. The number of piperidine rings is 1. The zero-order valence-corrected chi connectivity index (χ0v) is 15.8. The summed E-state index contributed by atoms with van der Waals surface area (Å²) in [4.78, 5) is 2.48. The van der Waals surface area contributed by atoms with E-state index in [-0.39, 0.29) is 11.5 Å². The summed E-state index contributed by atoms with van der Waals surface area (Å²) in [6.07, 6.45) is 7.73. The lowest BCUT2D eigenvalue weighted by Gasteiger charge is -2.43. The molecular formula is C20H37NO2. The molecule has 6 atom stereocenters. The summed E-state index contributed by atoms with van der Waals surface area (Å²) in [5.41, 5.74) is 0.595. The Morgan fingerprint density at radius 1 is 1.13 bits per heavy atom. The van der Waals surface area contributed by atoms with Gasteiger partial charge in [-0.3, -0.25) is 4.90 Å². The van der Waals surface area contributed by atoms with Crippen LogP contribution in [0.3, 0.4) is 0 Å². The molecule has 3 heteroatoms. The molecular weight excluding hydrogens is 286 g/mol. The number of aliphatic hydroxyl groups is 1. The molecule has 2 aliphatic carbocycles. The number of β-amino-alcohol motifs (C(OH)–C–C–N with tert-alkyl or cyclic N) is 1. The van der Waals surface area contributed by atoms with Gasteiger partial charge in [0, 0.05) is 18.6 Å². The molecule has 0 spiro atoms. The Balaban J connectivity index is 1.54. The number of hydrogen-bond acceptors (Lipinski definition) is 3. The van der Waals surface area contributed by atoms with Crippen molar-refractivity contribution < 1.29 is 9.84 Å². The lowest BCUT2D eigenvalue weighted by molar-refractivity contribution is -0.116. The normalized spacial score (nSPS) is 44.6. The van der Waals surface area contributed by atoms with Crippen molar-refractivity contribution in [2.45, 2.75) is 97.4 Å². The Bertz CT molecular complexity index is 409. The molecule has 1 aliphatic heterocycles. The molecule has 1 N–H and O–H groups in total. The summed E-state index contributed by atoms with van der Waals surface area (Å²) >= 11 is 0. The van der Waals surface area contributed by atoms with E-state index < -0.39 is 0 Å². The second-order valence-electron chi connectivity index (χ2n) is 9.61. The van der Waals surface area contributed by atoms with Gasteiger partial charge < -0.3 is 9.84 Å². The molecule has 0 radical (unpaired) electrons. The predicted octanol–water partition coefficient (Wildman–Crippen LogP) is 3.84. The molecule has 3 rings (SSSR count). The van der Waals surface area contributed by atoms with Gasteiger partial charge in [-0.25, -0.2) is 0 Å². The monoisotopic (exact) mass is 323 g/mol. The first kappa shape index (κ1) is 17.7. The quantitative estimate of drug-likeness (QED) is 0.834. The number of nitrogens with zero attached hydrogens (tertiary/aromatic N) is 1. The first-order chi connectivity index (χ1) is 10.7. The second-order valence-corrected chi connectivity index (χ2v) is 9.61. The van der Waals surface area contributed by atoms with Crippen molar-refractivity contribution >= 4 is 0 Å². The summed E-state index contributed by atoms with van der Waals surface area (Å²) in [5.74, 6) is 0.803. The Morgan fingerprint density at radius 2 is 1.78 bits per heavy atom. The van der Waals surface area contributed by atoms with Gasteiger partial charge >= 0.3 is 0 Å². The number of rotatable bonds is 5. The van der Waals surface area contributed by atoms with Gasteiger partial charge in [-0.15, -0.1) is 0 Å². The van der Waals surface area contributed by atoms with Gasteiger partial charge in [0.2, 0.25) is 0 Å². The minimum atomic E-state index is -0.364. The minimum Gasteiger partial charge on any atom is -0.389 e. The third-order valence-corrected chi connectivity index (χ3v) is 7.39. The Morgan fingerprint density at radius 3 is 2.35 bits per heavy atom. The second kappa shape index (κ2) is 6.31. The highest BCUT2D eigenvalue weighted by molar-refractivity contribution is 5.09. The van der Waals surface area contributed by atoms with Gasteiger partial charge in [0.15, 0.2) is 0 Å². The molecule has 0 aromatic rings. The van der Waals surface area contributed by atoms with Gasteiger partial charge in [0.25, 0.3) is 0 Å². The van der Waals surface area contributed by atoms with E-state index >= 15 is 0 Å². The van der Waals surface area contributed by atoms with E-state index in [2.05, 4.69) is 39.5 Å². The fraction of sp³-hybridized carbons (Fsp3) is 1.00. The van der Waals surface area contributed by atoms with Crippen molar-refractivity contribution in [1.82, 2.24) is 4.90 Å². The standard InChI is InChI=1S/C20H37NO2/c1-14-7-6-8-15(2)21(14)12-17(22)13-23-18-19(3,4)16-9-10-20(18,5)11-16/h14-18,22H,6-13H2,1-5H3/t14-,15+,16-,17+,18-,20-/m0/s1. The summed E-state index contributed by atoms with van der Waals surface area (Å²) in [5, 5.41) is 10.6. The lowest BCUT2D eigenvalue weighted by Crippen LogP contribution is -2.49. The molecule has 134 valence electrons. The Kier molecular flexibility index (Phi) is 4.85. The molecule has 0 unspecified atom stereocenters. The molecule has 1 saturated heterocycles. The SMILES string of the molecule is C[C@@H]1CCC[C@H](C)N1C[C@@H](O)CO[C@H]1C(C)(C)[C@H]2CC[C@@]1(C)C2. The molecule has 3 nitrogen and oxygen atoms in total.